The van der Waals surface area contributed by atoms with Crippen LogP contribution in [0, 0.1) is 5.92 Å². The van der Waals surface area contributed by atoms with Crippen LogP contribution in [0.4, 0.5) is 4.79 Å². The number of aliphatic carboxylic acids is 1. The molecule has 0 radical (unpaired) electrons. The molecule has 144 valence electrons. The Morgan fingerprint density at radius 2 is 1.92 bits per heavy atom. The zero-order valence-corrected chi connectivity index (χ0v) is 15.6. The third-order valence-electron chi connectivity index (χ3n) is 5.78. The summed E-state index contributed by atoms with van der Waals surface area (Å²) in [5.41, 5.74) is 0. The van der Waals surface area contributed by atoms with E-state index in [9.17, 15) is 9.59 Å². The summed E-state index contributed by atoms with van der Waals surface area (Å²) in [5, 5.41) is 12.3. The predicted octanol–water partition coefficient (Wildman–Crippen LogP) is 4.11. The predicted molar refractivity (Wildman–Crippen MR) is 97.9 cm³/mol. The Kier molecular flexibility index (Phi) is 6.22. The molecule has 1 unspecified atom stereocenters. The van der Waals surface area contributed by atoms with E-state index in [1.54, 1.807) is 0 Å². The van der Waals surface area contributed by atoms with Crippen LogP contribution in [-0.4, -0.2) is 34.6 Å². The van der Waals surface area contributed by atoms with Crippen LogP contribution in [0.5, 0.6) is 0 Å². The molecule has 1 atom stereocenters. The van der Waals surface area contributed by atoms with Crippen LogP contribution in [-0.2, 0) is 11.2 Å². The van der Waals surface area contributed by atoms with Crippen molar-refractivity contribution in [3.63, 3.8) is 0 Å². The average Bonchev–Trinajstić information content (AvgIpc) is 2.98. The van der Waals surface area contributed by atoms with Crippen LogP contribution in [0.1, 0.15) is 75.9 Å². The summed E-state index contributed by atoms with van der Waals surface area (Å²) in [5.74, 6) is 0.863. The molecule has 1 aliphatic carbocycles. The van der Waals surface area contributed by atoms with Crippen molar-refractivity contribution in [1.82, 2.24) is 10.2 Å². The standard InChI is InChI=1S/C20H30N2O4/c1-2-16-11-12-18(26-16)17-6-4-3-5-13-22(17)20(25)21-15-9-7-14(8-10-15)19(23)24/h11-12,14-15,17H,2-10,13H2,1H3,(H,21,25)(H,23,24). The summed E-state index contributed by atoms with van der Waals surface area (Å²) in [6.45, 7) is 2.80. The number of amides is 2. The number of hydrogen-bond donors (Lipinski definition) is 2. The van der Waals surface area contributed by atoms with Crippen molar-refractivity contribution in [2.75, 3.05) is 6.54 Å². The van der Waals surface area contributed by atoms with Gasteiger partial charge in [-0.2, -0.15) is 0 Å². The molecular formula is C20H30N2O4. The maximum atomic E-state index is 13.0. The van der Waals surface area contributed by atoms with Crippen LogP contribution in [0.15, 0.2) is 16.5 Å². The summed E-state index contributed by atoms with van der Waals surface area (Å²) in [7, 11) is 0. The number of nitrogens with one attached hydrogen (secondary N) is 1. The van der Waals surface area contributed by atoms with Gasteiger partial charge in [-0.3, -0.25) is 4.79 Å². The van der Waals surface area contributed by atoms with Gasteiger partial charge in [0.25, 0.3) is 0 Å². The molecule has 6 heteroatoms. The van der Waals surface area contributed by atoms with E-state index in [4.69, 9.17) is 9.52 Å². The molecule has 1 aromatic rings. The molecule has 2 heterocycles. The Morgan fingerprint density at radius 3 is 2.58 bits per heavy atom. The molecule has 1 saturated heterocycles. The molecule has 3 rings (SSSR count). The third kappa shape index (κ3) is 4.40. The van der Waals surface area contributed by atoms with Crippen molar-refractivity contribution < 1.29 is 19.1 Å². The van der Waals surface area contributed by atoms with Crippen molar-refractivity contribution in [3.8, 4) is 0 Å². The fourth-order valence-corrected chi connectivity index (χ4v) is 4.15. The number of urea groups is 1. The number of likely N-dealkylation sites (tertiary alicyclic amines) is 1. The maximum Gasteiger partial charge on any atom is 0.318 e. The average molecular weight is 362 g/mol. The van der Waals surface area contributed by atoms with Gasteiger partial charge in [0, 0.05) is 19.0 Å². The van der Waals surface area contributed by atoms with Gasteiger partial charge >= 0.3 is 12.0 Å². The van der Waals surface area contributed by atoms with Crippen LogP contribution < -0.4 is 5.32 Å². The van der Waals surface area contributed by atoms with E-state index in [2.05, 4.69) is 12.2 Å². The zero-order valence-electron chi connectivity index (χ0n) is 15.6. The van der Waals surface area contributed by atoms with Crippen molar-refractivity contribution in [2.24, 2.45) is 5.92 Å². The summed E-state index contributed by atoms with van der Waals surface area (Å²) < 4.78 is 5.95. The molecule has 6 nitrogen and oxygen atoms in total. The number of hydrogen-bond acceptors (Lipinski definition) is 3. The van der Waals surface area contributed by atoms with Crippen LogP contribution in [0.3, 0.4) is 0 Å². The summed E-state index contributed by atoms with van der Waals surface area (Å²) in [6, 6.07) is 4.04. The second kappa shape index (κ2) is 8.60. The quantitative estimate of drug-likeness (QED) is 0.844. The molecule has 1 aromatic heterocycles. The molecule has 0 bridgehead atoms. The zero-order chi connectivity index (χ0) is 18.5. The Balaban J connectivity index is 1.64. The Labute approximate surface area is 154 Å². The lowest BCUT2D eigenvalue weighted by atomic mass is 9.86. The Bertz CT molecular complexity index is 619. The molecule has 1 aliphatic heterocycles. The first-order chi connectivity index (χ1) is 12.6. The minimum atomic E-state index is -0.716. The Morgan fingerprint density at radius 1 is 1.15 bits per heavy atom. The van der Waals surface area contributed by atoms with Gasteiger partial charge in [-0.25, -0.2) is 4.79 Å². The van der Waals surface area contributed by atoms with E-state index < -0.39 is 5.97 Å². The molecule has 0 aromatic carbocycles. The van der Waals surface area contributed by atoms with Gasteiger partial charge in [0.15, 0.2) is 0 Å². The van der Waals surface area contributed by atoms with E-state index in [0.717, 1.165) is 63.0 Å². The number of aryl methyl sites for hydroxylation is 1. The molecular weight excluding hydrogens is 332 g/mol. The number of carboxylic acid groups (broad SMARTS) is 1. The Hall–Kier alpha value is -1.98. The number of furan rings is 1. The SMILES string of the molecule is CCc1ccc(C2CCCCCN2C(=O)NC2CCC(C(=O)O)CC2)o1. The highest BCUT2D eigenvalue weighted by molar-refractivity contribution is 5.75. The highest BCUT2D eigenvalue weighted by atomic mass is 16.4. The second-order valence-electron chi connectivity index (χ2n) is 7.55. The van der Waals surface area contributed by atoms with Crippen molar-refractivity contribution in [3.05, 3.63) is 23.7 Å². The fourth-order valence-electron chi connectivity index (χ4n) is 4.15. The lowest BCUT2D eigenvalue weighted by molar-refractivity contribution is -0.142. The molecule has 2 amide bonds. The fraction of sp³-hybridized carbons (Fsp3) is 0.700. The second-order valence-corrected chi connectivity index (χ2v) is 7.55. The minimum Gasteiger partial charge on any atom is -0.481 e. The van der Waals surface area contributed by atoms with Gasteiger partial charge in [0.1, 0.15) is 11.5 Å². The maximum absolute atomic E-state index is 13.0. The molecule has 0 spiro atoms. The number of rotatable bonds is 4. The molecule has 26 heavy (non-hydrogen) atoms. The highest BCUT2D eigenvalue weighted by Crippen LogP contribution is 2.32. The molecule has 1 saturated carbocycles. The number of carbonyl (C=O) groups is 2. The van der Waals surface area contributed by atoms with Crippen molar-refractivity contribution >= 4 is 12.0 Å². The lowest BCUT2D eigenvalue weighted by Gasteiger charge is -2.33. The largest absolute Gasteiger partial charge is 0.481 e. The number of carbonyl (C=O) groups excluding carboxylic acids is 1. The van der Waals surface area contributed by atoms with E-state index in [-0.39, 0.29) is 24.0 Å². The van der Waals surface area contributed by atoms with Crippen LogP contribution >= 0.6 is 0 Å². The van der Waals surface area contributed by atoms with E-state index in [1.807, 2.05) is 17.0 Å². The molecule has 2 fully saturated rings. The lowest BCUT2D eigenvalue weighted by Crippen LogP contribution is -2.47. The topological polar surface area (TPSA) is 82.8 Å². The van der Waals surface area contributed by atoms with Gasteiger partial charge in [-0.1, -0.05) is 19.8 Å². The monoisotopic (exact) mass is 362 g/mol. The minimum absolute atomic E-state index is 0.00633. The smallest absolute Gasteiger partial charge is 0.318 e. The van der Waals surface area contributed by atoms with E-state index in [1.165, 1.54) is 0 Å². The van der Waals surface area contributed by atoms with E-state index >= 15 is 0 Å². The first kappa shape index (κ1) is 18.8. The van der Waals surface area contributed by atoms with Gasteiger partial charge in [-0.05, 0) is 50.7 Å². The van der Waals surface area contributed by atoms with Gasteiger partial charge in [-0.15, -0.1) is 0 Å². The van der Waals surface area contributed by atoms with Crippen LogP contribution in [0.2, 0.25) is 0 Å². The van der Waals surface area contributed by atoms with E-state index in [0.29, 0.717) is 12.8 Å². The van der Waals surface area contributed by atoms with Crippen molar-refractivity contribution in [1.29, 1.82) is 0 Å². The number of carboxylic acids is 1. The summed E-state index contributed by atoms with van der Waals surface area (Å²) >= 11 is 0. The molecule has 2 aliphatic rings. The van der Waals surface area contributed by atoms with Crippen molar-refractivity contribution in [2.45, 2.75) is 76.8 Å². The first-order valence-corrected chi connectivity index (χ1v) is 9.97. The third-order valence-corrected chi connectivity index (χ3v) is 5.78. The normalized spacial score (nSPS) is 27.0. The molecule has 2 N–H and O–H groups in total. The van der Waals surface area contributed by atoms with Gasteiger partial charge in [0.2, 0.25) is 0 Å². The highest BCUT2D eigenvalue weighted by Gasteiger charge is 2.32. The summed E-state index contributed by atoms with van der Waals surface area (Å²) in [4.78, 5) is 26.0. The summed E-state index contributed by atoms with van der Waals surface area (Å²) in [6.07, 6.45) is 7.78. The first-order valence-electron chi connectivity index (χ1n) is 9.97. The van der Waals surface area contributed by atoms with Gasteiger partial charge in [0.05, 0.1) is 12.0 Å². The van der Waals surface area contributed by atoms with Gasteiger partial charge < -0.3 is 19.7 Å². The number of nitrogens with zero attached hydrogens (tertiary/aromatic N) is 1. The van der Waals surface area contributed by atoms with Crippen LogP contribution in [0.25, 0.3) is 0 Å².